The maximum atomic E-state index is 2.55. The zero-order valence-electron chi connectivity index (χ0n) is 36.7. The quantitative estimate of drug-likeness (QED) is 0.0895. The Morgan fingerprint density at radius 2 is 0.687 bits per heavy atom. The molecule has 67 heavy (non-hydrogen) atoms. The summed E-state index contributed by atoms with van der Waals surface area (Å²) >= 11 is 0. The number of hydrogen-bond donors (Lipinski definition) is 0. The lowest BCUT2D eigenvalue weighted by atomic mass is 9.83. The van der Waals surface area contributed by atoms with E-state index in [0.29, 0.717) is 0 Å². The molecular formula is C64H42N2Si. The molecule has 2 heterocycles. The third-order valence-corrected chi connectivity index (χ3v) is 16.0. The first-order chi connectivity index (χ1) is 33.2. The molecule has 0 aliphatic heterocycles. The third kappa shape index (κ3) is 5.88. The molecule has 0 amide bonds. The van der Waals surface area contributed by atoms with Gasteiger partial charge in [0.05, 0.1) is 31.6 Å². The van der Waals surface area contributed by atoms with Gasteiger partial charge in [0.2, 0.25) is 0 Å². The molecule has 14 aromatic rings. The van der Waals surface area contributed by atoms with Crippen LogP contribution in [-0.2, 0) is 0 Å². The highest BCUT2D eigenvalue weighted by Crippen LogP contribution is 2.48. The van der Waals surface area contributed by atoms with Crippen LogP contribution in [0.3, 0.4) is 0 Å². The minimum atomic E-state index is -0.777. The van der Waals surface area contributed by atoms with Crippen LogP contribution < -0.4 is 10.4 Å². The van der Waals surface area contributed by atoms with E-state index in [9.17, 15) is 0 Å². The molecule has 14 rings (SSSR count). The zero-order valence-corrected chi connectivity index (χ0v) is 38.1. The number of fused-ring (bicyclic) bond motifs is 11. The van der Waals surface area contributed by atoms with Crippen molar-refractivity contribution in [1.82, 2.24) is 9.13 Å². The van der Waals surface area contributed by atoms with Gasteiger partial charge in [-0.15, -0.1) is 0 Å². The summed E-state index contributed by atoms with van der Waals surface area (Å²) in [6.45, 7) is 0. The zero-order chi connectivity index (χ0) is 44.0. The molecule has 2 aromatic heterocycles. The molecule has 0 aliphatic rings. The predicted octanol–water partition coefficient (Wildman–Crippen LogP) is 14.9. The topological polar surface area (TPSA) is 9.86 Å². The fourth-order valence-electron chi connectivity index (χ4n) is 11.4. The smallest absolute Gasteiger partial charge is 0.0875 e. The summed E-state index contributed by atoms with van der Waals surface area (Å²) in [7, 11) is -0.777. The monoisotopic (exact) mass is 866 g/mol. The van der Waals surface area contributed by atoms with Crippen molar-refractivity contribution < 1.29 is 0 Å². The van der Waals surface area contributed by atoms with Gasteiger partial charge in [-0.2, -0.15) is 0 Å². The summed E-state index contributed by atoms with van der Waals surface area (Å²) in [6, 6.07) is 90.8. The second-order valence-electron chi connectivity index (χ2n) is 18.0. The Kier molecular flexibility index (Phi) is 8.49. The van der Waals surface area contributed by atoms with E-state index in [-0.39, 0.29) is 0 Å². The molecule has 0 unspecified atom stereocenters. The number of para-hydroxylation sites is 4. The molecule has 312 valence electrons. The number of aromatic nitrogens is 2. The first-order valence-electron chi connectivity index (χ1n) is 23.3. The molecular weight excluding hydrogens is 825 g/mol. The van der Waals surface area contributed by atoms with Crippen LogP contribution in [0.4, 0.5) is 0 Å². The van der Waals surface area contributed by atoms with Gasteiger partial charge < -0.3 is 9.13 Å². The van der Waals surface area contributed by atoms with Crippen LogP contribution in [0.25, 0.3) is 120 Å². The molecule has 0 atom stereocenters. The summed E-state index contributed by atoms with van der Waals surface area (Å²) in [4.78, 5) is 0. The number of nitrogens with zero attached hydrogens (tertiary/aromatic N) is 2. The highest BCUT2D eigenvalue weighted by Gasteiger charge is 2.23. The summed E-state index contributed by atoms with van der Waals surface area (Å²) in [5.41, 5.74) is 12.0. The van der Waals surface area contributed by atoms with Gasteiger partial charge in [-0.1, -0.05) is 204 Å². The average Bonchev–Trinajstić information content (AvgIpc) is 3.91. The van der Waals surface area contributed by atoms with Crippen molar-refractivity contribution >= 4 is 107 Å². The van der Waals surface area contributed by atoms with Crippen LogP contribution in [0.5, 0.6) is 0 Å². The summed E-state index contributed by atoms with van der Waals surface area (Å²) in [5.74, 6) is 0. The van der Waals surface area contributed by atoms with Gasteiger partial charge in [-0.05, 0) is 114 Å². The van der Waals surface area contributed by atoms with Gasteiger partial charge in [-0.25, -0.2) is 0 Å². The maximum Gasteiger partial charge on any atom is 0.0875 e. The molecule has 0 spiro atoms. The normalized spacial score (nSPS) is 12.1. The van der Waals surface area contributed by atoms with Crippen LogP contribution in [-0.4, -0.2) is 18.7 Å². The molecule has 0 aliphatic carbocycles. The summed E-state index contributed by atoms with van der Waals surface area (Å²) in [5, 5.41) is 18.0. The first-order valence-corrected chi connectivity index (χ1v) is 24.7. The predicted molar refractivity (Wildman–Crippen MR) is 290 cm³/mol. The van der Waals surface area contributed by atoms with Crippen molar-refractivity contribution in [2.45, 2.75) is 0 Å². The molecule has 0 radical (unpaired) electrons. The standard InChI is InChI=1S/C64H42N2Si/c1-2-19-45(20-3-1)67-46-34-35-56-58(40-46)64(57-38-41-18-4-5-21-47(41)48-22-6-7-23-49(48)57)55-29-9-8-28-54(55)63(56)42-36-43(65-59-30-14-10-24-50(59)51-25-11-15-31-60(51)65)39-44(37-42)66-61-32-16-12-26-52(61)53-27-13-17-33-62(53)66/h1-40H,67H2. The van der Waals surface area contributed by atoms with Gasteiger partial charge in [-0.3, -0.25) is 0 Å². The van der Waals surface area contributed by atoms with E-state index in [1.54, 1.807) is 0 Å². The van der Waals surface area contributed by atoms with Gasteiger partial charge >= 0.3 is 0 Å². The molecule has 3 heteroatoms. The number of benzene rings is 12. The molecule has 0 bridgehead atoms. The van der Waals surface area contributed by atoms with E-state index in [2.05, 4.69) is 252 Å². The van der Waals surface area contributed by atoms with Gasteiger partial charge in [0.25, 0.3) is 0 Å². The second kappa shape index (κ2) is 15.0. The number of hydrogen-bond acceptors (Lipinski definition) is 0. The lowest BCUT2D eigenvalue weighted by Gasteiger charge is -2.22. The third-order valence-electron chi connectivity index (χ3n) is 14.2. The first kappa shape index (κ1) is 37.8. The van der Waals surface area contributed by atoms with Gasteiger partial charge in [0, 0.05) is 32.9 Å². The highest BCUT2D eigenvalue weighted by atomic mass is 28.2. The van der Waals surface area contributed by atoms with Gasteiger partial charge in [0.15, 0.2) is 0 Å². The van der Waals surface area contributed by atoms with E-state index in [1.165, 1.54) is 119 Å². The van der Waals surface area contributed by atoms with Crippen molar-refractivity contribution in [3.05, 3.63) is 243 Å². The summed E-state index contributed by atoms with van der Waals surface area (Å²) in [6.07, 6.45) is 0. The molecule has 0 N–H and O–H groups in total. The van der Waals surface area contributed by atoms with Crippen LogP contribution in [0.1, 0.15) is 0 Å². The van der Waals surface area contributed by atoms with Crippen molar-refractivity contribution in [2.75, 3.05) is 0 Å². The average molecular weight is 867 g/mol. The lowest BCUT2D eigenvalue weighted by Crippen LogP contribution is -2.26. The Morgan fingerprint density at radius 3 is 1.25 bits per heavy atom. The Balaban J connectivity index is 1.14. The van der Waals surface area contributed by atoms with Crippen molar-refractivity contribution in [1.29, 1.82) is 0 Å². The van der Waals surface area contributed by atoms with Crippen molar-refractivity contribution in [3.8, 4) is 33.6 Å². The molecule has 2 nitrogen and oxygen atoms in total. The van der Waals surface area contributed by atoms with Crippen molar-refractivity contribution in [3.63, 3.8) is 0 Å². The SMILES string of the molecule is c1ccc([SiH2]c2ccc3c(-c4cc(-n5c6ccccc6c6ccccc65)cc(-n5c6ccccc6c6ccccc65)c4)c4ccccc4c(-c4cc5ccccc5c5ccccc45)c3c2)cc1. The van der Waals surface area contributed by atoms with E-state index >= 15 is 0 Å². The Labute approximate surface area is 390 Å². The van der Waals surface area contributed by atoms with Gasteiger partial charge in [0.1, 0.15) is 0 Å². The maximum absolute atomic E-state index is 2.55. The Morgan fingerprint density at radius 1 is 0.254 bits per heavy atom. The second-order valence-corrected chi connectivity index (χ2v) is 20.0. The largest absolute Gasteiger partial charge is 0.309 e. The summed E-state index contributed by atoms with van der Waals surface area (Å²) < 4.78 is 4.96. The van der Waals surface area contributed by atoms with Crippen molar-refractivity contribution in [2.24, 2.45) is 0 Å². The molecule has 12 aromatic carbocycles. The van der Waals surface area contributed by atoms with E-state index in [0.717, 1.165) is 11.4 Å². The van der Waals surface area contributed by atoms with E-state index in [4.69, 9.17) is 0 Å². The molecule has 0 saturated carbocycles. The Bertz CT molecular complexity index is 4070. The van der Waals surface area contributed by atoms with Crippen LogP contribution in [0.15, 0.2) is 243 Å². The molecule has 0 fully saturated rings. The highest BCUT2D eigenvalue weighted by molar-refractivity contribution is 6.67. The van der Waals surface area contributed by atoms with Crippen LogP contribution in [0.2, 0.25) is 0 Å². The number of rotatable bonds is 6. The lowest BCUT2D eigenvalue weighted by molar-refractivity contribution is 1.14. The van der Waals surface area contributed by atoms with E-state index in [1.807, 2.05) is 0 Å². The molecule has 0 saturated heterocycles. The van der Waals surface area contributed by atoms with E-state index < -0.39 is 9.52 Å². The Hall–Kier alpha value is -8.50. The minimum Gasteiger partial charge on any atom is -0.309 e. The van der Waals surface area contributed by atoms with Crippen LogP contribution >= 0.6 is 0 Å². The fraction of sp³-hybridized carbons (Fsp3) is 0. The fourth-order valence-corrected chi connectivity index (χ4v) is 12.9. The van der Waals surface area contributed by atoms with Crippen LogP contribution in [0, 0.1) is 0 Å². The minimum absolute atomic E-state index is 0.777.